The third-order valence-corrected chi connectivity index (χ3v) is 3.90. The van der Waals surface area contributed by atoms with Crippen molar-refractivity contribution >= 4 is 0 Å². The summed E-state index contributed by atoms with van der Waals surface area (Å²) in [6.45, 7) is 8.44. The summed E-state index contributed by atoms with van der Waals surface area (Å²) < 4.78 is 0. The van der Waals surface area contributed by atoms with Gasteiger partial charge in [-0.05, 0) is 39.7 Å². The second kappa shape index (κ2) is 7.27. The highest BCUT2D eigenvalue weighted by molar-refractivity contribution is 4.79. The van der Waals surface area contributed by atoms with Gasteiger partial charge in [0, 0.05) is 12.1 Å². The molecule has 15 heavy (non-hydrogen) atoms. The SMILES string of the molecule is CCCCCCCC(C)N1CCC[C@H]1C. The van der Waals surface area contributed by atoms with Gasteiger partial charge in [0.15, 0.2) is 0 Å². The molecule has 90 valence electrons. The number of rotatable bonds is 7. The molecular formula is C14H29N. The highest BCUT2D eigenvalue weighted by Crippen LogP contribution is 2.22. The first-order valence-electron chi connectivity index (χ1n) is 7.01. The summed E-state index contributed by atoms with van der Waals surface area (Å²) in [4.78, 5) is 2.71. The van der Waals surface area contributed by atoms with E-state index in [1.807, 2.05) is 0 Å². The summed E-state index contributed by atoms with van der Waals surface area (Å²) in [5, 5.41) is 0. The van der Waals surface area contributed by atoms with E-state index in [0.717, 1.165) is 12.1 Å². The summed E-state index contributed by atoms with van der Waals surface area (Å²) >= 11 is 0. The molecule has 1 fully saturated rings. The fraction of sp³-hybridized carbons (Fsp3) is 1.00. The molecule has 1 saturated heterocycles. The lowest BCUT2D eigenvalue weighted by Gasteiger charge is -2.28. The largest absolute Gasteiger partial charge is 0.298 e. The maximum Gasteiger partial charge on any atom is 0.00702 e. The lowest BCUT2D eigenvalue weighted by Crippen LogP contribution is -2.35. The van der Waals surface area contributed by atoms with Gasteiger partial charge < -0.3 is 0 Å². The zero-order valence-corrected chi connectivity index (χ0v) is 11.0. The van der Waals surface area contributed by atoms with Gasteiger partial charge >= 0.3 is 0 Å². The van der Waals surface area contributed by atoms with Gasteiger partial charge in [0.2, 0.25) is 0 Å². The lowest BCUT2D eigenvalue weighted by atomic mass is 10.1. The van der Waals surface area contributed by atoms with Crippen LogP contribution in [0.15, 0.2) is 0 Å². The van der Waals surface area contributed by atoms with Crippen molar-refractivity contribution in [1.82, 2.24) is 4.90 Å². The van der Waals surface area contributed by atoms with Crippen LogP contribution in [0.4, 0.5) is 0 Å². The number of nitrogens with zero attached hydrogens (tertiary/aromatic N) is 1. The van der Waals surface area contributed by atoms with Crippen LogP contribution in [-0.2, 0) is 0 Å². The van der Waals surface area contributed by atoms with Gasteiger partial charge in [0.25, 0.3) is 0 Å². The predicted octanol–water partition coefficient (Wildman–Crippen LogP) is 4.22. The van der Waals surface area contributed by atoms with Crippen LogP contribution in [-0.4, -0.2) is 23.5 Å². The van der Waals surface area contributed by atoms with Crippen LogP contribution in [0, 0.1) is 0 Å². The van der Waals surface area contributed by atoms with E-state index in [1.54, 1.807) is 0 Å². The highest BCUT2D eigenvalue weighted by atomic mass is 15.2. The molecule has 1 aliphatic heterocycles. The number of hydrogen-bond donors (Lipinski definition) is 0. The Bertz CT molecular complexity index is 155. The van der Waals surface area contributed by atoms with Crippen LogP contribution >= 0.6 is 0 Å². The zero-order chi connectivity index (χ0) is 11.1. The Morgan fingerprint density at radius 2 is 1.93 bits per heavy atom. The minimum Gasteiger partial charge on any atom is -0.298 e. The molecule has 0 aromatic carbocycles. The van der Waals surface area contributed by atoms with Gasteiger partial charge in [-0.25, -0.2) is 0 Å². The van der Waals surface area contributed by atoms with Crippen LogP contribution in [0.3, 0.4) is 0 Å². The summed E-state index contributed by atoms with van der Waals surface area (Å²) in [5.41, 5.74) is 0. The molecule has 0 radical (unpaired) electrons. The summed E-state index contributed by atoms with van der Waals surface area (Å²) in [6.07, 6.45) is 11.4. The molecule has 0 aromatic rings. The Labute approximate surface area is 96.2 Å². The van der Waals surface area contributed by atoms with Crippen LogP contribution in [0.1, 0.15) is 72.1 Å². The minimum atomic E-state index is 0.823. The maximum absolute atomic E-state index is 2.71. The fourth-order valence-corrected chi connectivity index (χ4v) is 2.82. The topological polar surface area (TPSA) is 3.24 Å². The molecule has 0 saturated carbocycles. The molecule has 1 nitrogen and oxygen atoms in total. The Hall–Kier alpha value is -0.0400. The van der Waals surface area contributed by atoms with Gasteiger partial charge in [-0.15, -0.1) is 0 Å². The van der Waals surface area contributed by atoms with Gasteiger partial charge in [-0.2, -0.15) is 0 Å². The molecule has 1 heterocycles. The average molecular weight is 211 g/mol. The molecule has 1 heteroatoms. The van der Waals surface area contributed by atoms with Crippen molar-refractivity contribution in [3.05, 3.63) is 0 Å². The monoisotopic (exact) mass is 211 g/mol. The fourth-order valence-electron chi connectivity index (χ4n) is 2.82. The van der Waals surface area contributed by atoms with E-state index in [9.17, 15) is 0 Å². The molecule has 2 atom stereocenters. The van der Waals surface area contributed by atoms with Crippen molar-refractivity contribution in [1.29, 1.82) is 0 Å². The quantitative estimate of drug-likeness (QED) is 0.570. The number of likely N-dealkylation sites (tertiary alicyclic amines) is 1. The molecule has 0 aromatic heterocycles. The third kappa shape index (κ3) is 4.55. The van der Waals surface area contributed by atoms with Crippen molar-refractivity contribution < 1.29 is 0 Å². The van der Waals surface area contributed by atoms with Crippen LogP contribution < -0.4 is 0 Å². The second-order valence-corrected chi connectivity index (χ2v) is 5.28. The average Bonchev–Trinajstić information content (AvgIpc) is 2.64. The molecule has 0 bridgehead atoms. The van der Waals surface area contributed by atoms with Crippen molar-refractivity contribution in [2.24, 2.45) is 0 Å². The van der Waals surface area contributed by atoms with E-state index < -0.39 is 0 Å². The zero-order valence-electron chi connectivity index (χ0n) is 11.0. The molecule has 0 aliphatic carbocycles. The van der Waals surface area contributed by atoms with Gasteiger partial charge in [-0.3, -0.25) is 4.90 Å². The maximum atomic E-state index is 2.71. The van der Waals surface area contributed by atoms with E-state index in [0.29, 0.717) is 0 Å². The van der Waals surface area contributed by atoms with Crippen LogP contribution in [0.5, 0.6) is 0 Å². The first-order chi connectivity index (χ1) is 7.25. The first kappa shape index (κ1) is 13.0. The molecule has 0 spiro atoms. The minimum absolute atomic E-state index is 0.823. The molecule has 1 unspecified atom stereocenters. The standard InChI is InChI=1S/C14H29N/c1-4-5-6-7-8-10-13(2)15-12-9-11-14(15)3/h13-14H,4-12H2,1-3H3/t13?,14-/m1/s1. The van der Waals surface area contributed by atoms with Crippen LogP contribution in [0.25, 0.3) is 0 Å². The summed E-state index contributed by atoms with van der Waals surface area (Å²) in [7, 11) is 0. The summed E-state index contributed by atoms with van der Waals surface area (Å²) in [5.74, 6) is 0. The van der Waals surface area contributed by atoms with Gasteiger partial charge in [0.05, 0.1) is 0 Å². The van der Waals surface area contributed by atoms with Gasteiger partial charge in [-0.1, -0.05) is 39.0 Å². The van der Waals surface area contributed by atoms with Crippen molar-refractivity contribution in [2.75, 3.05) is 6.54 Å². The normalized spacial score (nSPS) is 24.6. The van der Waals surface area contributed by atoms with E-state index in [1.165, 1.54) is 57.9 Å². The third-order valence-electron chi connectivity index (χ3n) is 3.90. The molecular weight excluding hydrogens is 182 g/mol. The van der Waals surface area contributed by atoms with Crippen molar-refractivity contribution in [3.63, 3.8) is 0 Å². The van der Waals surface area contributed by atoms with Crippen molar-refractivity contribution in [3.8, 4) is 0 Å². The Balaban J connectivity index is 2.05. The van der Waals surface area contributed by atoms with E-state index in [2.05, 4.69) is 25.7 Å². The molecule has 1 aliphatic rings. The number of hydrogen-bond acceptors (Lipinski definition) is 1. The van der Waals surface area contributed by atoms with Crippen LogP contribution in [0.2, 0.25) is 0 Å². The van der Waals surface area contributed by atoms with Gasteiger partial charge in [0.1, 0.15) is 0 Å². The van der Waals surface area contributed by atoms with Crippen molar-refractivity contribution in [2.45, 2.75) is 84.2 Å². The van der Waals surface area contributed by atoms with E-state index in [4.69, 9.17) is 0 Å². The second-order valence-electron chi connectivity index (χ2n) is 5.28. The Morgan fingerprint density at radius 1 is 1.20 bits per heavy atom. The Morgan fingerprint density at radius 3 is 2.53 bits per heavy atom. The first-order valence-corrected chi connectivity index (χ1v) is 7.01. The molecule has 0 amide bonds. The molecule has 1 rings (SSSR count). The summed E-state index contributed by atoms with van der Waals surface area (Å²) in [6, 6.07) is 1.67. The molecule has 0 N–H and O–H groups in total. The smallest absolute Gasteiger partial charge is 0.00702 e. The lowest BCUT2D eigenvalue weighted by molar-refractivity contribution is 0.190. The number of unbranched alkanes of at least 4 members (excludes halogenated alkanes) is 4. The predicted molar refractivity (Wildman–Crippen MR) is 68.2 cm³/mol. The van der Waals surface area contributed by atoms with E-state index >= 15 is 0 Å². The Kier molecular flexibility index (Phi) is 6.31. The van der Waals surface area contributed by atoms with E-state index in [-0.39, 0.29) is 0 Å². The highest BCUT2D eigenvalue weighted by Gasteiger charge is 2.24.